The predicted molar refractivity (Wildman–Crippen MR) is 49.7 cm³/mol. The van der Waals surface area contributed by atoms with Crippen LogP contribution in [0.3, 0.4) is 0 Å². The van der Waals surface area contributed by atoms with Crippen LogP contribution in [-0.4, -0.2) is 17.3 Å². The summed E-state index contributed by atoms with van der Waals surface area (Å²) in [7, 11) is 0. The Morgan fingerprint density at radius 1 is 1.58 bits per heavy atom. The number of ether oxygens (including phenoxy) is 1. The van der Waals surface area contributed by atoms with Crippen molar-refractivity contribution < 1.29 is 4.74 Å². The molecular weight excluding hydrogens is 170 g/mol. The second-order valence-electron chi connectivity index (χ2n) is 2.84. The van der Waals surface area contributed by atoms with E-state index in [4.69, 9.17) is 4.74 Å². The number of nitrogens with zero attached hydrogens (tertiary/aromatic N) is 1. The van der Waals surface area contributed by atoms with Gasteiger partial charge in [0.05, 0.1) is 11.0 Å². The Hall–Kier alpha value is -0.700. The summed E-state index contributed by atoms with van der Waals surface area (Å²) in [5.41, 5.74) is 0. The molecule has 0 amide bonds. The van der Waals surface area contributed by atoms with Crippen molar-refractivity contribution in [2.24, 2.45) is 0 Å². The smallest absolute Gasteiger partial charge is 0.136 e. The van der Waals surface area contributed by atoms with Crippen LogP contribution < -0.4 is 4.74 Å². The van der Waals surface area contributed by atoms with Gasteiger partial charge in [-0.3, -0.25) is 4.98 Å². The highest BCUT2D eigenvalue weighted by Gasteiger charge is 2.24. The number of hydrogen-bond donors (Lipinski definition) is 0. The van der Waals surface area contributed by atoms with Gasteiger partial charge in [0.15, 0.2) is 0 Å². The van der Waals surface area contributed by atoms with Gasteiger partial charge in [0.2, 0.25) is 0 Å². The Kier molecular flexibility index (Phi) is 2.21. The van der Waals surface area contributed by atoms with E-state index in [0.717, 1.165) is 10.6 Å². The summed E-state index contributed by atoms with van der Waals surface area (Å²) in [6.07, 6.45) is 8.54. The molecule has 1 fully saturated rings. The fourth-order valence-electron chi connectivity index (χ4n) is 0.983. The minimum atomic E-state index is 0.471. The van der Waals surface area contributed by atoms with Crippen LogP contribution in [0.4, 0.5) is 0 Å². The molecule has 0 radical (unpaired) electrons. The molecule has 2 nitrogen and oxygen atoms in total. The minimum absolute atomic E-state index is 0.471. The fraction of sp³-hybridized carbons (Fsp3) is 0.444. The Morgan fingerprint density at radius 2 is 2.42 bits per heavy atom. The van der Waals surface area contributed by atoms with Gasteiger partial charge in [0, 0.05) is 12.4 Å². The average Bonchev–Trinajstić information content (AvgIpc) is 2.89. The first-order chi connectivity index (χ1) is 5.90. The molecule has 0 atom stereocenters. The summed E-state index contributed by atoms with van der Waals surface area (Å²) in [5, 5.41) is 0. The molecule has 0 spiro atoms. The lowest BCUT2D eigenvalue weighted by Gasteiger charge is -2.07. The molecule has 0 aliphatic heterocycles. The highest BCUT2D eigenvalue weighted by Crippen LogP contribution is 2.32. The summed E-state index contributed by atoms with van der Waals surface area (Å²) in [4.78, 5) is 5.17. The molecular formula is C9H11NOS. The molecule has 64 valence electrons. The maximum Gasteiger partial charge on any atom is 0.136 e. The van der Waals surface area contributed by atoms with Crippen LogP contribution in [0.5, 0.6) is 5.75 Å². The second-order valence-corrected chi connectivity index (χ2v) is 3.69. The summed E-state index contributed by atoms with van der Waals surface area (Å²) < 4.78 is 5.69. The molecule has 1 aromatic rings. The van der Waals surface area contributed by atoms with E-state index in [-0.39, 0.29) is 0 Å². The van der Waals surface area contributed by atoms with Crippen molar-refractivity contribution in [1.82, 2.24) is 4.98 Å². The van der Waals surface area contributed by atoms with Gasteiger partial charge in [0.1, 0.15) is 5.75 Å². The molecule has 0 bridgehead atoms. The first-order valence-electron chi connectivity index (χ1n) is 4.05. The van der Waals surface area contributed by atoms with Gasteiger partial charge in [-0.1, -0.05) is 0 Å². The van der Waals surface area contributed by atoms with E-state index >= 15 is 0 Å². The molecule has 1 saturated carbocycles. The molecule has 0 saturated heterocycles. The lowest BCUT2D eigenvalue weighted by Crippen LogP contribution is -1.97. The molecule has 0 N–H and O–H groups in total. The quantitative estimate of drug-likeness (QED) is 0.668. The highest BCUT2D eigenvalue weighted by molar-refractivity contribution is 7.98. The zero-order chi connectivity index (χ0) is 8.39. The van der Waals surface area contributed by atoms with Crippen molar-refractivity contribution >= 4 is 11.8 Å². The number of aromatic nitrogens is 1. The molecule has 0 aromatic carbocycles. The highest BCUT2D eigenvalue weighted by atomic mass is 32.2. The molecule has 2 rings (SSSR count). The zero-order valence-corrected chi connectivity index (χ0v) is 7.80. The second kappa shape index (κ2) is 3.35. The summed E-state index contributed by atoms with van der Waals surface area (Å²) >= 11 is 1.68. The van der Waals surface area contributed by atoms with Gasteiger partial charge in [-0.2, -0.15) is 0 Å². The van der Waals surface area contributed by atoms with Gasteiger partial charge in [-0.15, -0.1) is 11.8 Å². The van der Waals surface area contributed by atoms with E-state index in [1.165, 1.54) is 12.8 Å². The third-order valence-electron chi connectivity index (χ3n) is 1.78. The van der Waals surface area contributed by atoms with E-state index in [1.807, 2.05) is 18.5 Å². The van der Waals surface area contributed by atoms with Crippen LogP contribution in [0.25, 0.3) is 0 Å². The SMILES string of the molecule is CSc1cnccc1OC1CC1. The zero-order valence-electron chi connectivity index (χ0n) is 6.99. The van der Waals surface area contributed by atoms with Crippen molar-refractivity contribution in [2.45, 2.75) is 23.8 Å². The van der Waals surface area contributed by atoms with Gasteiger partial charge < -0.3 is 4.74 Å². The lowest BCUT2D eigenvalue weighted by atomic mass is 10.4. The molecule has 1 heterocycles. The minimum Gasteiger partial charge on any atom is -0.489 e. The molecule has 0 unspecified atom stereocenters. The van der Waals surface area contributed by atoms with Gasteiger partial charge in [-0.25, -0.2) is 0 Å². The molecule has 3 heteroatoms. The van der Waals surface area contributed by atoms with Crippen molar-refractivity contribution in [2.75, 3.05) is 6.26 Å². The van der Waals surface area contributed by atoms with Crippen molar-refractivity contribution in [3.63, 3.8) is 0 Å². The van der Waals surface area contributed by atoms with Gasteiger partial charge >= 0.3 is 0 Å². The number of hydrogen-bond acceptors (Lipinski definition) is 3. The first-order valence-corrected chi connectivity index (χ1v) is 5.27. The van der Waals surface area contributed by atoms with Crippen LogP contribution in [0.1, 0.15) is 12.8 Å². The maximum absolute atomic E-state index is 5.69. The van der Waals surface area contributed by atoms with E-state index in [1.54, 1.807) is 18.0 Å². The topological polar surface area (TPSA) is 22.1 Å². The van der Waals surface area contributed by atoms with E-state index < -0.39 is 0 Å². The van der Waals surface area contributed by atoms with Gasteiger partial charge in [-0.05, 0) is 25.2 Å². The van der Waals surface area contributed by atoms with Crippen LogP contribution in [0, 0.1) is 0 Å². The Labute approximate surface area is 76.3 Å². The largest absolute Gasteiger partial charge is 0.489 e. The van der Waals surface area contributed by atoms with Crippen LogP contribution in [-0.2, 0) is 0 Å². The van der Waals surface area contributed by atoms with Crippen molar-refractivity contribution in [1.29, 1.82) is 0 Å². The number of rotatable bonds is 3. The van der Waals surface area contributed by atoms with Gasteiger partial charge in [0.25, 0.3) is 0 Å². The third-order valence-corrected chi connectivity index (χ3v) is 2.53. The van der Waals surface area contributed by atoms with E-state index in [0.29, 0.717) is 6.10 Å². The number of pyridine rings is 1. The van der Waals surface area contributed by atoms with E-state index in [2.05, 4.69) is 4.98 Å². The lowest BCUT2D eigenvalue weighted by molar-refractivity contribution is 0.295. The van der Waals surface area contributed by atoms with E-state index in [9.17, 15) is 0 Å². The normalized spacial score (nSPS) is 16.1. The fourth-order valence-corrected chi connectivity index (χ4v) is 1.47. The predicted octanol–water partition coefficient (Wildman–Crippen LogP) is 2.34. The summed E-state index contributed by atoms with van der Waals surface area (Å²) in [5.74, 6) is 0.986. The van der Waals surface area contributed by atoms with Crippen molar-refractivity contribution in [3.05, 3.63) is 18.5 Å². The monoisotopic (exact) mass is 181 g/mol. The molecule has 1 aliphatic rings. The Balaban J connectivity index is 2.15. The molecule has 1 aromatic heterocycles. The van der Waals surface area contributed by atoms with Crippen molar-refractivity contribution in [3.8, 4) is 5.75 Å². The number of thioether (sulfide) groups is 1. The first kappa shape index (κ1) is 7.92. The molecule has 1 aliphatic carbocycles. The van der Waals surface area contributed by atoms with Crippen LogP contribution in [0.2, 0.25) is 0 Å². The Morgan fingerprint density at radius 3 is 3.08 bits per heavy atom. The maximum atomic E-state index is 5.69. The standard InChI is InChI=1S/C9H11NOS/c1-12-9-6-10-5-4-8(9)11-7-2-3-7/h4-7H,2-3H2,1H3. The third kappa shape index (κ3) is 1.72. The van der Waals surface area contributed by atoms with Crippen LogP contribution >= 0.6 is 11.8 Å². The molecule has 12 heavy (non-hydrogen) atoms. The van der Waals surface area contributed by atoms with Crippen LogP contribution in [0.15, 0.2) is 23.4 Å². The average molecular weight is 181 g/mol. The Bertz CT molecular complexity index is 273. The summed E-state index contributed by atoms with van der Waals surface area (Å²) in [6, 6.07) is 1.93. The summed E-state index contributed by atoms with van der Waals surface area (Å²) in [6.45, 7) is 0.